The molecule has 84 valence electrons. The second-order valence-electron chi connectivity index (χ2n) is 2.81. The number of hydrogen-bond donors (Lipinski definition) is 1. The predicted molar refractivity (Wildman–Crippen MR) is 53.0 cm³/mol. The first-order valence-electron chi connectivity index (χ1n) is 4.27. The summed E-state index contributed by atoms with van der Waals surface area (Å²) >= 11 is 0. The second-order valence-corrected chi connectivity index (χ2v) is 2.81. The van der Waals surface area contributed by atoms with E-state index in [1.807, 2.05) is 0 Å². The molecule has 5 heteroatoms. The van der Waals surface area contributed by atoms with Crippen LogP contribution in [-0.4, -0.2) is 36.9 Å². The van der Waals surface area contributed by atoms with E-state index in [1.165, 1.54) is 6.92 Å². The Bertz CT molecular complexity index is 280. The normalized spacial score (nSPS) is 9.20. The van der Waals surface area contributed by atoms with Crippen molar-refractivity contribution in [2.75, 3.05) is 19.8 Å². The molecule has 0 aromatic rings. The van der Waals surface area contributed by atoms with Crippen LogP contribution in [0.5, 0.6) is 0 Å². The lowest BCUT2D eigenvalue weighted by atomic mass is 10.3. The van der Waals surface area contributed by atoms with Gasteiger partial charge in [0.2, 0.25) is 0 Å². The van der Waals surface area contributed by atoms with Crippen LogP contribution in [0.15, 0.2) is 24.3 Å². The minimum Gasteiger partial charge on any atom is -0.459 e. The highest BCUT2D eigenvalue weighted by Gasteiger charge is 2.07. The molecule has 15 heavy (non-hydrogen) atoms. The summed E-state index contributed by atoms with van der Waals surface area (Å²) in [4.78, 5) is 21.8. The molecule has 0 saturated heterocycles. The number of carbonyl (C=O) groups is 2. The standard InChI is InChI=1S/C10H14O5/c1-7(2)9(12)14-4-5-15-10(13)8(3)6-11/h11H,1,3-6H2,2H3. The van der Waals surface area contributed by atoms with E-state index >= 15 is 0 Å². The zero-order valence-electron chi connectivity index (χ0n) is 8.62. The van der Waals surface area contributed by atoms with Crippen LogP contribution in [0.4, 0.5) is 0 Å². The lowest BCUT2D eigenvalue weighted by molar-refractivity contribution is -0.147. The van der Waals surface area contributed by atoms with E-state index in [2.05, 4.69) is 22.6 Å². The smallest absolute Gasteiger partial charge is 0.335 e. The summed E-state index contributed by atoms with van der Waals surface area (Å²) in [5.41, 5.74) is 0.238. The highest BCUT2D eigenvalue weighted by atomic mass is 16.6. The number of esters is 2. The van der Waals surface area contributed by atoms with Crippen LogP contribution in [0, 0.1) is 0 Å². The van der Waals surface area contributed by atoms with Gasteiger partial charge in [-0.15, -0.1) is 0 Å². The first kappa shape index (κ1) is 13.4. The van der Waals surface area contributed by atoms with Crippen molar-refractivity contribution in [3.8, 4) is 0 Å². The van der Waals surface area contributed by atoms with Gasteiger partial charge in [-0.25, -0.2) is 9.59 Å². The summed E-state index contributed by atoms with van der Waals surface area (Å²) in [6.07, 6.45) is 0. The molecule has 0 amide bonds. The minimum atomic E-state index is -0.705. The second kappa shape index (κ2) is 6.78. The van der Waals surface area contributed by atoms with Crippen LogP contribution in [0.25, 0.3) is 0 Å². The van der Waals surface area contributed by atoms with Crippen LogP contribution in [0.1, 0.15) is 6.92 Å². The Balaban J connectivity index is 3.64. The summed E-state index contributed by atoms with van der Waals surface area (Å²) in [6, 6.07) is 0. The van der Waals surface area contributed by atoms with Crippen molar-refractivity contribution < 1.29 is 24.2 Å². The molecule has 0 heterocycles. The summed E-state index contributed by atoms with van der Waals surface area (Å²) in [5.74, 6) is -1.24. The maximum atomic E-state index is 10.9. The van der Waals surface area contributed by atoms with E-state index in [4.69, 9.17) is 5.11 Å². The van der Waals surface area contributed by atoms with Gasteiger partial charge in [-0.2, -0.15) is 0 Å². The molecule has 0 aromatic heterocycles. The number of aliphatic hydroxyl groups excluding tert-OH is 1. The highest BCUT2D eigenvalue weighted by Crippen LogP contribution is 1.94. The zero-order chi connectivity index (χ0) is 11.8. The lowest BCUT2D eigenvalue weighted by Gasteiger charge is -2.06. The number of aliphatic hydroxyl groups is 1. The van der Waals surface area contributed by atoms with Gasteiger partial charge in [0.1, 0.15) is 13.2 Å². The molecule has 0 radical (unpaired) electrons. The van der Waals surface area contributed by atoms with Gasteiger partial charge >= 0.3 is 11.9 Å². The third-order valence-corrected chi connectivity index (χ3v) is 1.38. The van der Waals surface area contributed by atoms with E-state index < -0.39 is 18.5 Å². The molecule has 5 nitrogen and oxygen atoms in total. The molecular formula is C10H14O5. The molecule has 0 aliphatic heterocycles. The van der Waals surface area contributed by atoms with Crippen LogP contribution >= 0.6 is 0 Å². The average Bonchev–Trinajstić information content (AvgIpc) is 2.22. The summed E-state index contributed by atoms with van der Waals surface area (Å²) in [6.45, 7) is 7.59. The molecular weight excluding hydrogens is 200 g/mol. The molecule has 0 aliphatic rings. The SMILES string of the molecule is C=C(C)C(=O)OCCOC(=O)C(=C)CO. The van der Waals surface area contributed by atoms with Gasteiger partial charge in [-0.1, -0.05) is 13.2 Å². The number of carbonyl (C=O) groups excluding carboxylic acids is 2. The topological polar surface area (TPSA) is 72.8 Å². The molecule has 0 unspecified atom stereocenters. The van der Waals surface area contributed by atoms with Crippen molar-refractivity contribution in [1.29, 1.82) is 0 Å². The number of hydrogen-bond acceptors (Lipinski definition) is 5. The third-order valence-electron chi connectivity index (χ3n) is 1.38. The van der Waals surface area contributed by atoms with Crippen LogP contribution < -0.4 is 0 Å². The molecule has 0 rings (SSSR count). The van der Waals surface area contributed by atoms with E-state index in [9.17, 15) is 9.59 Å². The maximum absolute atomic E-state index is 10.9. The Morgan fingerprint density at radius 1 is 1.13 bits per heavy atom. The van der Waals surface area contributed by atoms with Crippen LogP contribution in [0.2, 0.25) is 0 Å². The third kappa shape index (κ3) is 5.64. The molecule has 0 aliphatic carbocycles. The zero-order valence-corrected chi connectivity index (χ0v) is 8.62. The van der Waals surface area contributed by atoms with Gasteiger partial charge in [0.15, 0.2) is 0 Å². The van der Waals surface area contributed by atoms with Crippen molar-refractivity contribution in [2.24, 2.45) is 0 Å². The minimum absolute atomic E-state index is 0.0405. The van der Waals surface area contributed by atoms with E-state index in [-0.39, 0.29) is 24.4 Å². The number of rotatable bonds is 6. The summed E-state index contributed by atoms with van der Waals surface area (Å²) in [7, 11) is 0. The monoisotopic (exact) mass is 214 g/mol. The van der Waals surface area contributed by atoms with Gasteiger partial charge in [0.05, 0.1) is 12.2 Å². The van der Waals surface area contributed by atoms with Crippen molar-refractivity contribution in [3.05, 3.63) is 24.3 Å². The molecule has 0 spiro atoms. The van der Waals surface area contributed by atoms with Crippen LogP contribution in [-0.2, 0) is 19.1 Å². The predicted octanol–water partition coefficient (Wildman–Crippen LogP) is 0.197. The van der Waals surface area contributed by atoms with E-state index in [1.54, 1.807) is 0 Å². The van der Waals surface area contributed by atoms with Gasteiger partial charge < -0.3 is 14.6 Å². The molecule has 0 atom stereocenters. The maximum Gasteiger partial charge on any atom is 0.335 e. The van der Waals surface area contributed by atoms with Crippen molar-refractivity contribution in [3.63, 3.8) is 0 Å². The van der Waals surface area contributed by atoms with Gasteiger partial charge in [0.25, 0.3) is 0 Å². The molecule has 0 bridgehead atoms. The first-order chi connectivity index (χ1) is 6.99. The molecule has 0 aromatic carbocycles. The number of ether oxygens (including phenoxy) is 2. The van der Waals surface area contributed by atoms with Crippen molar-refractivity contribution in [1.82, 2.24) is 0 Å². The molecule has 1 N–H and O–H groups in total. The fourth-order valence-electron chi connectivity index (χ4n) is 0.559. The van der Waals surface area contributed by atoms with E-state index in [0.29, 0.717) is 0 Å². The quantitative estimate of drug-likeness (QED) is 0.388. The van der Waals surface area contributed by atoms with Crippen molar-refractivity contribution in [2.45, 2.75) is 6.92 Å². The van der Waals surface area contributed by atoms with Crippen molar-refractivity contribution >= 4 is 11.9 Å². The van der Waals surface area contributed by atoms with Crippen LogP contribution in [0.3, 0.4) is 0 Å². The molecule has 0 saturated carbocycles. The Hall–Kier alpha value is -1.62. The van der Waals surface area contributed by atoms with Gasteiger partial charge in [-0.05, 0) is 6.92 Å². The summed E-state index contributed by atoms with van der Waals surface area (Å²) in [5, 5.41) is 8.53. The highest BCUT2D eigenvalue weighted by molar-refractivity contribution is 5.88. The summed E-state index contributed by atoms with van der Waals surface area (Å²) < 4.78 is 9.28. The fraction of sp³-hybridized carbons (Fsp3) is 0.400. The first-order valence-corrected chi connectivity index (χ1v) is 4.27. The fourth-order valence-corrected chi connectivity index (χ4v) is 0.559. The van der Waals surface area contributed by atoms with Gasteiger partial charge in [-0.3, -0.25) is 0 Å². The van der Waals surface area contributed by atoms with E-state index in [0.717, 1.165) is 0 Å². The Morgan fingerprint density at radius 2 is 1.60 bits per heavy atom. The molecule has 0 fully saturated rings. The Labute approximate surface area is 88.0 Å². The lowest BCUT2D eigenvalue weighted by Crippen LogP contribution is -2.16. The van der Waals surface area contributed by atoms with Gasteiger partial charge in [0, 0.05) is 5.57 Å². The Morgan fingerprint density at radius 3 is 2.00 bits per heavy atom. The Kier molecular flexibility index (Phi) is 6.05. The average molecular weight is 214 g/mol. The largest absolute Gasteiger partial charge is 0.459 e.